The molecule has 0 aromatic carbocycles. The minimum atomic E-state index is 0.678. The van der Waals surface area contributed by atoms with Gasteiger partial charge in [-0.1, -0.05) is 0 Å². The fourth-order valence-electron chi connectivity index (χ4n) is 1.39. The van der Waals surface area contributed by atoms with Gasteiger partial charge in [-0.3, -0.25) is 4.98 Å². The van der Waals surface area contributed by atoms with Gasteiger partial charge in [0.15, 0.2) is 11.5 Å². The third-order valence-corrected chi connectivity index (χ3v) is 1.99. The first kappa shape index (κ1) is 6.59. The van der Waals surface area contributed by atoms with E-state index in [2.05, 4.69) is 25.6 Å². The van der Waals surface area contributed by atoms with Gasteiger partial charge in [0.2, 0.25) is 0 Å². The average molecular weight is 173 g/mol. The van der Waals surface area contributed by atoms with Crippen LogP contribution in [0.5, 0.6) is 0 Å². The molecule has 1 aliphatic heterocycles. The predicted molar refractivity (Wildman–Crippen MR) is 49.4 cm³/mol. The summed E-state index contributed by atoms with van der Waals surface area (Å²) in [6, 6.07) is 1.95. The first-order valence-corrected chi connectivity index (χ1v) is 4.03. The van der Waals surface area contributed by atoms with E-state index in [0.29, 0.717) is 5.65 Å². The number of nitrogens with zero attached hydrogens (tertiary/aromatic N) is 3. The highest BCUT2D eigenvalue weighted by Gasteiger charge is 2.11. The zero-order chi connectivity index (χ0) is 8.67. The van der Waals surface area contributed by atoms with Gasteiger partial charge in [0.25, 0.3) is 0 Å². The van der Waals surface area contributed by atoms with Crippen molar-refractivity contribution in [3.63, 3.8) is 0 Å². The molecular formula is C8H7N5. The van der Waals surface area contributed by atoms with Crippen LogP contribution in [-0.2, 0) is 0 Å². The van der Waals surface area contributed by atoms with Crippen LogP contribution < -0.4 is 10.6 Å². The maximum Gasteiger partial charge on any atom is 0.180 e. The van der Waals surface area contributed by atoms with Crippen LogP contribution in [-0.4, -0.2) is 21.6 Å². The Balaban J connectivity index is 2.36. The van der Waals surface area contributed by atoms with Gasteiger partial charge in [0.1, 0.15) is 5.52 Å². The van der Waals surface area contributed by atoms with E-state index < -0.39 is 0 Å². The lowest BCUT2D eigenvalue weighted by Crippen LogP contribution is -1.99. The monoisotopic (exact) mass is 173 g/mol. The number of nitrogens with one attached hydrogen (secondary N) is 2. The number of hydrogen-bond acceptors (Lipinski definition) is 5. The summed E-state index contributed by atoms with van der Waals surface area (Å²) < 4.78 is 0. The molecule has 0 aliphatic carbocycles. The lowest BCUT2D eigenvalue weighted by atomic mass is 10.3. The van der Waals surface area contributed by atoms with E-state index in [9.17, 15) is 0 Å². The molecule has 0 radical (unpaired) electrons. The minimum absolute atomic E-state index is 0.678. The molecule has 0 saturated heterocycles. The second kappa shape index (κ2) is 2.29. The molecule has 64 valence electrons. The summed E-state index contributed by atoms with van der Waals surface area (Å²) in [6.45, 7) is 0.721. The second-order valence-corrected chi connectivity index (χ2v) is 2.81. The van der Waals surface area contributed by atoms with Crippen molar-refractivity contribution in [2.24, 2.45) is 0 Å². The average Bonchev–Trinajstić information content (AvgIpc) is 2.61. The van der Waals surface area contributed by atoms with E-state index >= 15 is 0 Å². The van der Waals surface area contributed by atoms with Crippen molar-refractivity contribution < 1.29 is 0 Å². The van der Waals surface area contributed by atoms with Crippen LogP contribution >= 0.6 is 0 Å². The molecule has 0 bridgehead atoms. The van der Waals surface area contributed by atoms with Crippen molar-refractivity contribution in [3.05, 3.63) is 18.5 Å². The topological polar surface area (TPSA) is 62.7 Å². The lowest BCUT2D eigenvalue weighted by Gasteiger charge is -1.98. The van der Waals surface area contributed by atoms with Gasteiger partial charge in [0.05, 0.1) is 12.4 Å². The van der Waals surface area contributed by atoms with E-state index in [4.69, 9.17) is 0 Å². The first-order valence-electron chi connectivity index (χ1n) is 4.03. The molecule has 0 unspecified atom stereocenters. The first-order chi connectivity index (χ1) is 6.43. The SMILES string of the molecule is c1cnc2nc3c(cc2n1)NCN3. The zero-order valence-corrected chi connectivity index (χ0v) is 6.78. The van der Waals surface area contributed by atoms with Gasteiger partial charge in [0, 0.05) is 12.4 Å². The molecule has 0 saturated carbocycles. The van der Waals surface area contributed by atoms with Gasteiger partial charge >= 0.3 is 0 Å². The third-order valence-electron chi connectivity index (χ3n) is 1.99. The summed E-state index contributed by atoms with van der Waals surface area (Å²) >= 11 is 0. The number of aromatic nitrogens is 3. The highest BCUT2D eigenvalue weighted by Crippen LogP contribution is 2.25. The van der Waals surface area contributed by atoms with Gasteiger partial charge in [-0.2, -0.15) is 0 Å². The largest absolute Gasteiger partial charge is 0.365 e. The molecule has 0 fully saturated rings. The van der Waals surface area contributed by atoms with E-state index in [-0.39, 0.29) is 0 Å². The van der Waals surface area contributed by atoms with E-state index in [0.717, 1.165) is 23.7 Å². The number of pyridine rings is 1. The van der Waals surface area contributed by atoms with Gasteiger partial charge in [-0.15, -0.1) is 0 Å². The Kier molecular flexibility index (Phi) is 1.16. The number of fused-ring (bicyclic) bond motifs is 2. The van der Waals surface area contributed by atoms with Crippen LogP contribution in [0.1, 0.15) is 0 Å². The Morgan fingerprint density at radius 2 is 2.08 bits per heavy atom. The van der Waals surface area contributed by atoms with Crippen LogP contribution in [0.4, 0.5) is 11.5 Å². The van der Waals surface area contributed by atoms with Crippen molar-refractivity contribution >= 4 is 22.7 Å². The normalized spacial score (nSPS) is 13.5. The molecule has 13 heavy (non-hydrogen) atoms. The maximum absolute atomic E-state index is 4.31. The van der Waals surface area contributed by atoms with Crippen LogP contribution in [0.2, 0.25) is 0 Å². The van der Waals surface area contributed by atoms with Crippen LogP contribution in [0.15, 0.2) is 18.5 Å². The molecule has 0 amide bonds. The standard InChI is InChI=1S/C8H7N5/c1-2-10-7-5(9-1)3-6-8(13-7)12-4-11-6/h1-3,11H,4H2,(H,10,12,13). The fraction of sp³-hybridized carbons (Fsp3) is 0.125. The summed E-state index contributed by atoms with van der Waals surface area (Å²) in [5.41, 5.74) is 2.49. The van der Waals surface area contributed by atoms with Gasteiger partial charge in [-0.25, -0.2) is 9.97 Å². The molecule has 5 nitrogen and oxygen atoms in total. The molecule has 5 heteroatoms. The summed E-state index contributed by atoms with van der Waals surface area (Å²) in [5, 5.41) is 6.25. The van der Waals surface area contributed by atoms with E-state index in [1.54, 1.807) is 12.4 Å². The minimum Gasteiger partial charge on any atom is -0.365 e. The molecule has 1 aliphatic rings. The van der Waals surface area contributed by atoms with Crippen LogP contribution in [0.25, 0.3) is 11.2 Å². The molecule has 2 N–H and O–H groups in total. The Labute approximate surface area is 74.2 Å². The molecule has 3 heterocycles. The Morgan fingerprint density at radius 1 is 1.15 bits per heavy atom. The summed E-state index contributed by atoms with van der Waals surface area (Å²) in [6.07, 6.45) is 3.31. The van der Waals surface area contributed by atoms with E-state index in [1.165, 1.54) is 0 Å². The lowest BCUT2D eigenvalue weighted by molar-refractivity contribution is 1.22. The van der Waals surface area contributed by atoms with Crippen molar-refractivity contribution in [2.45, 2.75) is 0 Å². The summed E-state index contributed by atoms with van der Waals surface area (Å²) in [4.78, 5) is 12.6. The predicted octanol–water partition coefficient (Wildman–Crippen LogP) is 0.820. The quantitative estimate of drug-likeness (QED) is 0.617. The van der Waals surface area contributed by atoms with E-state index in [1.807, 2.05) is 6.07 Å². The number of rotatable bonds is 0. The highest BCUT2D eigenvalue weighted by atomic mass is 15.2. The second-order valence-electron chi connectivity index (χ2n) is 2.81. The fourth-order valence-corrected chi connectivity index (χ4v) is 1.39. The third kappa shape index (κ3) is 0.900. The Hall–Kier alpha value is -1.91. The highest BCUT2D eigenvalue weighted by molar-refractivity contribution is 5.82. The molecule has 2 aromatic heterocycles. The number of anilines is 2. The van der Waals surface area contributed by atoms with Gasteiger partial charge in [-0.05, 0) is 6.07 Å². The Bertz CT molecular complexity index is 425. The van der Waals surface area contributed by atoms with Gasteiger partial charge < -0.3 is 10.6 Å². The Morgan fingerprint density at radius 3 is 3.08 bits per heavy atom. The van der Waals surface area contributed by atoms with Crippen molar-refractivity contribution in [1.29, 1.82) is 0 Å². The zero-order valence-electron chi connectivity index (χ0n) is 6.78. The molecular weight excluding hydrogens is 166 g/mol. The smallest absolute Gasteiger partial charge is 0.180 e. The molecule has 0 atom stereocenters. The summed E-state index contributed by atoms with van der Waals surface area (Å²) in [7, 11) is 0. The molecule has 3 rings (SSSR count). The molecule has 0 spiro atoms. The van der Waals surface area contributed by atoms with Crippen LogP contribution in [0, 0.1) is 0 Å². The van der Waals surface area contributed by atoms with Crippen molar-refractivity contribution in [1.82, 2.24) is 15.0 Å². The molecule has 2 aromatic rings. The summed E-state index contributed by atoms with van der Waals surface area (Å²) in [5.74, 6) is 0.855. The van der Waals surface area contributed by atoms with Crippen molar-refractivity contribution in [3.8, 4) is 0 Å². The van der Waals surface area contributed by atoms with Crippen LogP contribution in [0.3, 0.4) is 0 Å². The van der Waals surface area contributed by atoms with Crippen molar-refractivity contribution in [2.75, 3.05) is 17.3 Å². The number of hydrogen-bond donors (Lipinski definition) is 2. The maximum atomic E-state index is 4.31.